The zero-order chi connectivity index (χ0) is 17.5. The number of hydrogen-bond donors (Lipinski definition) is 1. The predicted molar refractivity (Wildman–Crippen MR) is 91.2 cm³/mol. The van der Waals surface area contributed by atoms with E-state index in [4.69, 9.17) is 0 Å². The van der Waals surface area contributed by atoms with Gasteiger partial charge in [0.15, 0.2) is 0 Å². The maximum atomic E-state index is 13.6. The number of benzene rings is 1. The zero-order valence-electron chi connectivity index (χ0n) is 14.4. The van der Waals surface area contributed by atoms with Gasteiger partial charge in [-0.15, -0.1) is 0 Å². The summed E-state index contributed by atoms with van der Waals surface area (Å²) in [6.07, 6.45) is 1.58. The summed E-state index contributed by atoms with van der Waals surface area (Å²) < 4.78 is 13.6. The molecule has 1 atom stereocenters. The molecule has 1 aromatic carbocycles. The lowest BCUT2D eigenvalue weighted by atomic mass is 10.1. The lowest BCUT2D eigenvalue weighted by molar-refractivity contribution is -0.132. The van der Waals surface area contributed by atoms with Crippen molar-refractivity contribution in [3.05, 3.63) is 35.6 Å². The molecule has 1 aromatic rings. The van der Waals surface area contributed by atoms with Gasteiger partial charge in [0.2, 0.25) is 5.91 Å². The Morgan fingerprint density at radius 3 is 2.42 bits per heavy atom. The molecule has 0 aromatic heterocycles. The molecule has 0 aliphatic carbocycles. The van der Waals surface area contributed by atoms with E-state index in [1.54, 1.807) is 28.0 Å². The molecule has 1 N–H and O–H groups in total. The topological polar surface area (TPSA) is 52.7 Å². The quantitative estimate of drug-likeness (QED) is 0.898. The third-order valence-electron chi connectivity index (χ3n) is 4.47. The molecule has 0 radical (unpaired) electrons. The van der Waals surface area contributed by atoms with E-state index < -0.39 is 0 Å². The van der Waals surface area contributed by atoms with E-state index in [1.165, 1.54) is 6.07 Å². The molecule has 132 valence electrons. The SMILES string of the molecule is CCC(C)NC(=O)N1CCN(C(=O)CCc2ccccc2F)CC1. The van der Waals surface area contributed by atoms with Crippen LogP contribution in [0.1, 0.15) is 32.3 Å². The number of hydrogen-bond acceptors (Lipinski definition) is 2. The van der Waals surface area contributed by atoms with Gasteiger partial charge in [-0.2, -0.15) is 0 Å². The van der Waals surface area contributed by atoms with Crippen LogP contribution >= 0.6 is 0 Å². The molecular weight excluding hydrogens is 309 g/mol. The van der Waals surface area contributed by atoms with Crippen molar-refractivity contribution in [2.75, 3.05) is 26.2 Å². The van der Waals surface area contributed by atoms with Gasteiger partial charge in [-0.05, 0) is 31.4 Å². The van der Waals surface area contributed by atoms with E-state index in [-0.39, 0.29) is 23.8 Å². The third kappa shape index (κ3) is 4.94. The van der Waals surface area contributed by atoms with Crippen molar-refractivity contribution >= 4 is 11.9 Å². The lowest BCUT2D eigenvalue weighted by Crippen LogP contribution is -2.54. The van der Waals surface area contributed by atoms with Gasteiger partial charge in [-0.1, -0.05) is 25.1 Å². The van der Waals surface area contributed by atoms with Crippen LogP contribution in [0.5, 0.6) is 0 Å². The fraction of sp³-hybridized carbons (Fsp3) is 0.556. The standard InChI is InChI=1S/C18H26FN3O2/c1-3-14(2)20-18(24)22-12-10-21(11-13-22)17(23)9-8-15-6-4-5-7-16(15)19/h4-7,14H,3,8-13H2,1-2H3,(H,20,24). The van der Waals surface area contributed by atoms with Crippen molar-refractivity contribution in [1.82, 2.24) is 15.1 Å². The van der Waals surface area contributed by atoms with E-state index >= 15 is 0 Å². The van der Waals surface area contributed by atoms with Gasteiger partial charge in [0.05, 0.1) is 0 Å². The second-order valence-corrected chi connectivity index (χ2v) is 6.22. The molecule has 5 nitrogen and oxygen atoms in total. The van der Waals surface area contributed by atoms with Crippen LogP contribution in [-0.2, 0) is 11.2 Å². The van der Waals surface area contributed by atoms with Crippen LogP contribution < -0.4 is 5.32 Å². The number of halogens is 1. The number of aryl methyl sites for hydroxylation is 1. The fourth-order valence-electron chi connectivity index (χ4n) is 2.66. The Hall–Kier alpha value is -2.11. The average Bonchev–Trinajstić information content (AvgIpc) is 2.60. The molecule has 24 heavy (non-hydrogen) atoms. The van der Waals surface area contributed by atoms with Gasteiger partial charge in [-0.25, -0.2) is 9.18 Å². The highest BCUT2D eigenvalue weighted by Gasteiger charge is 2.24. The van der Waals surface area contributed by atoms with Gasteiger partial charge in [0.1, 0.15) is 5.82 Å². The van der Waals surface area contributed by atoms with Crippen molar-refractivity contribution in [2.24, 2.45) is 0 Å². The Kier molecular flexibility index (Phi) is 6.58. The summed E-state index contributed by atoms with van der Waals surface area (Å²) in [5, 5.41) is 2.94. The molecule has 0 spiro atoms. The van der Waals surface area contributed by atoms with Crippen LogP contribution in [0.15, 0.2) is 24.3 Å². The van der Waals surface area contributed by atoms with Crippen LogP contribution in [0.2, 0.25) is 0 Å². The van der Waals surface area contributed by atoms with Crippen molar-refractivity contribution in [3.63, 3.8) is 0 Å². The summed E-state index contributed by atoms with van der Waals surface area (Å²) in [6, 6.07) is 6.62. The highest BCUT2D eigenvalue weighted by atomic mass is 19.1. The zero-order valence-corrected chi connectivity index (χ0v) is 14.4. The van der Waals surface area contributed by atoms with Gasteiger partial charge in [0, 0.05) is 38.6 Å². The van der Waals surface area contributed by atoms with Crippen LogP contribution in [0.4, 0.5) is 9.18 Å². The molecule has 6 heteroatoms. The van der Waals surface area contributed by atoms with Gasteiger partial charge in [0.25, 0.3) is 0 Å². The highest BCUT2D eigenvalue weighted by molar-refractivity contribution is 5.78. The monoisotopic (exact) mass is 335 g/mol. The number of rotatable bonds is 5. The highest BCUT2D eigenvalue weighted by Crippen LogP contribution is 2.11. The minimum atomic E-state index is -0.267. The number of carbonyl (C=O) groups excluding carboxylic acids is 2. The Balaban J connectivity index is 1.76. The maximum absolute atomic E-state index is 13.6. The lowest BCUT2D eigenvalue weighted by Gasteiger charge is -2.35. The minimum Gasteiger partial charge on any atom is -0.339 e. The first-order chi connectivity index (χ1) is 11.5. The molecule has 1 fully saturated rings. The fourth-order valence-corrected chi connectivity index (χ4v) is 2.66. The van der Waals surface area contributed by atoms with E-state index in [0.29, 0.717) is 44.6 Å². The number of nitrogens with zero attached hydrogens (tertiary/aromatic N) is 2. The number of urea groups is 1. The average molecular weight is 335 g/mol. The summed E-state index contributed by atoms with van der Waals surface area (Å²) >= 11 is 0. The largest absolute Gasteiger partial charge is 0.339 e. The van der Waals surface area contributed by atoms with Gasteiger partial charge < -0.3 is 15.1 Å². The first kappa shape index (κ1) is 18.2. The van der Waals surface area contributed by atoms with E-state index in [9.17, 15) is 14.0 Å². The van der Waals surface area contributed by atoms with Crippen LogP contribution in [0.3, 0.4) is 0 Å². The summed E-state index contributed by atoms with van der Waals surface area (Å²) in [7, 11) is 0. The van der Waals surface area contributed by atoms with E-state index in [0.717, 1.165) is 6.42 Å². The molecule has 1 saturated heterocycles. The molecule has 1 aliphatic heterocycles. The first-order valence-corrected chi connectivity index (χ1v) is 8.58. The summed E-state index contributed by atoms with van der Waals surface area (Å²) in [5.41, 5.74) is 0.567. The van der Waals surface area contributed by atoms with Crippen molar-refractivity contribution in [2.45, 2.75) is 39.2 Å². The minimum absolute atomic E-state index is 0.0141. The van der Waals surface area contributed by atoms with E-state index in [1.807, 2.05) is 13.8 Å². The summed E-state index contributed by atoms with van der Waals surface area (Å²) in [4.78, 5) is 27.8. The molecule has 2 rings (SSSR count). The molecule has 1 unspecified atom stereocenters. The number of piperazine rings is 1. The Morgan fingerprint density at radius 2 is 1.79 bits per heavy atom. The predicted octanol–water partition coefficient (Wildman–Crippen LogP) is 2.41. The molecule has 1 aliphatic rings. The van der Waals surface area contributed by atoms with Crippen LogP contribution in [0, 0.1) is 5.82 Å². The van der Waals surface area contributed by atoms with E-state index in [2.05, 4.69) is 5.32 Å². The van der Waals surface area contributed by atoms with Crippen LogP contribution in [-0.4, -0.2) is 54.0 Å². The Morgan fingerprint density at radius 1 is 1.17 bits per heavy atom. The number of amides is 3. The number of nitrogens with one attached hydrogen (secondary N) is 1. The third-order valence-corrected chi connectivity index (χ3v) is 4.47. The first-order valence-electron chi connectivity index (χ1n) is 8.58. The van der Waals surface area contributed by atoms with Gasteiger partial charge in [-0.3, -0.25) is 4.79 Å². The molecular formula is C18H26FN3O2. The molecule has 1 heterocycles. The van der Waals surface area contributed by atoms with Crippen molar-refractivity contribution in [3.8, 4) is 0 Å². The summed E-state index contributed by atoms with van der Waals surface area (Å²) in [6.45, 7) is 6.13. The maximum Gasteiger partial charge on any atom is 0.317 e. The second-order valence-electron chi connectivity index (χ2n) is 6.22. The molecule has 0 bridgehead atoms. The Bertz CT molecular complexity index is 571. The second kappa shape index (κ2) is 8.66. The van der Waals surface area contributed by atoms with Crippen molar-refractivity contribution < 1.29 is 14.0 Å². The summed E-state index contributed by atoms with van der Waals surface area (Å²) in [5.74, 6) is -0.253. The van der Waals surface area contributed by atoms with Crippen LogP contribution in [0.25, 0.3) is 0 Å². The Labute approximate surface area is 142 Å². The number of carbonyl (C=O) groups is 2. The van der Waals surface area contributed by atoms with Crippen molar-refractivity contribution in [1.29, 1.82) is 0 Å². The smallest absolute Gasteiger partial charge is 0.317 e. The molecule has 0 saturated carbocycles. The molecule has 3 amide bonds. The van der Waals surface area contributed by atoms with Gasteiger partial charge >= 0.3 is 6.03 Å². The normalized spacial score (nSPS) is 16.0.